The molecule has 8 heteroatoms. The summed E-state index contributed by atoms with van der Waals surface area (Å²) in [4.78, 5) is 25.9. The third-order valence-electron chi connectivity index (χ3n) is 5.05. The van der Waals surface area contributed by atoms with Gasteiger partial charge in [-0.25, -0.2) is 13.1 Å². The third kappa shape index (κ3) is 7.44. The summed E-state index contributed by atoms with van der Waals surface area (Å²) in [6.45, 7) is 7.84. The fourth-order valence-corrected chi connectivity index (χ4v) is 4.24. The van der Waals surface area contributed by atoms with E-state index in [0.717, 1.165) is 31.4 Å². The first kappa shape index (κ1) is 23.3. The lowest BCUT2D eigenvalue weighted by molar-refractivity contribution is -0.131. The lowest BCUT2D eigenvalue weighted by atomic mass is 9.87. The molecule has 0 atom stereocenters. The van der Waals surface area contributed by atoms with Gasteiger partial charge in [-0.1, -0.05) is 39.3 Å². The van der Waals surface area contributed by atoms with Crippen LogP contribution in [0.1, 0.15) is 58.4 Å². The molecule has 29 heavy (non-hydrogen) atoms. The average molecular weight is 424 g/mol. The Bertz CT molecular complexity index is 798. The number of hydrogen-bond donors (Lipinski definition) is 2. The number of nitrogens with zero attached hydrogens (tertiary/aromatic N) is 1. The molecule has 2 N–H and O–H groups in total. The summed E-state index contributed by atoms with van der Waals surface area (Å²) in [7, 11) is -3.65. The zero-order valence-corrected chi connectivity index (χ0v) is 18.5. The molecular weight excluding hydrogens is 390 g/mol. The van der Waals surface area contributed by atoms with Crippen LogP contribution < -0.4 is 10.0 Å². The molecule has 162 valence electrons. The summed E-state index contributed by atoms with van der Waals surface area (Å²) in [5.41, 5.74) is 1.00. The van der Waals surface area contributed by atoms with Crippen molar-refractivity contribution in [3.05, 3.63) is 29.8 Å². The Morgan fingerprint density at radius 1 is 1.07 bits per heavy atom. The average Bonchev–Trinajstić information content (AvgIpc) is 2.85. The summed E-state index contributed by atoms with van der Waals surface area (Å²) in [5, 5.41) is 2.75. The molecule has 1 aromatic rings. The highest BCUT2D eigenvalue weighted by Crippen LogP contribution is 2.23. The van der Waals surface area contributed by atoms with Crippen molar-refractivity contribution in [2.45, 2.75) is 63.2 Å². The van der Waals surface area contributed by atoms with E-state index >= 15 is 0 Å². The molecule has 7 nitrogen and oxygen atoms in total. The van der Waals surface area contributed by atoms with Crippen molar-refractivity contribution in [2.75, 3.05) is 26.2 Å². The summed E-state index contributed by atoms with van der Waals surface area (Å²) >= 11 is 0. The van der Waals surface area contributed by atoms with E-state index in [9.17, 15) is 18.0 Å². The second-order valence-electron chi connectivity index (χ2n) is 8.46. The second kappa shape index (κ2) is 10.2. The summed E-state index contributed by atoms with van der Waals surface area (Å²) < 4.78 is 27.2. The fraction of sp³-hybridized carbons (Fsp3) is 0.619. The van der Waals surface area contributed by atoms with E-state index in [-0.39, 0.29) is 35.1 Å². The third-order valence-corrected chi connectivity index (χ3v) is 6.53. The van der Waals surface area contributed by atoms with Gasteiger partial charge in [0.2, 0.25) is 21.8 Å². The van der Waals surface area contributed by atoms with Gasteiger partial charge < -0.3 is 10.2 Å². The maximum Gasteiger partial charge on any atom is 0.240 e. The number of carbonyl (C=O) groups is 2. The summed E-state index contributed by atoms with van der Waals surface area (Å²) in [6, 6.07) is 6.79. The first-order valence-electron chi connectivity index (χ1n) is 10.2. The summed E-state index contributed by atoms with van der Waals surface area (Å²) in [5.74, 6) is -0.0972. The summed E-state index contributed by atoms with van der Waals surface area (Å²) in [6.07, 6.45) is 3.62. The van der Waals surface area contributed by atoms with E-state index in [1.54, 1.807) is 17.0 Å². The van der Waals surface area contributed by atoms with Crippen LogP contribution in [0.4, 0.5) is 0 Å². The number of hydrogen-bond acceptors (Lipinski definition) is 4. The van der Waals surface area contributed by atoms with Gasteiger partial charge in [0.15, 0.2) is 0 Å². The minimum atomic E-state index is -3.65. The first-order valence-corrected chi connectivity index (χ1v) is 11.7. The van der Waals surface area contributed by atoms with Gasteiger partial charge >= 0.3 is 0 Å². The minimum absolute atomic E-state index is 0.0256. The molecule has 0 unspecified atom stereocenters. The van der Waals surface area contributed by atoms with E-state index < -0.39 is 10.0 Å². The fourth-order valence-electron chi connectivity index (χ4n) is 3.21. The Balaban J connectivity index is 1.73. The second-order valence-corrected chi connectivity index (χ2v) is 10.2. The lowest BCUT2D eigenvalue weighted by Crippen LogP contribution is -2.39. The van der Waals surface area contributed by atoms with Crippen LogP contribution in [-0.4, -0.2) is 51.3 Å². The molecule has 2 amide bonds. The zero-order chi connectivity index (χ0) is 21.5. The topological polar surface area (TPSA) is 95.6 Å². The molecule has 1 aliphatic heterocycles. The highest BCUT2D eigenvalue weighted by Gasteiger charge is 2.18. The number of carbonyl (C=O) groups excluding carboxylic acids is 2. The Morgan fingerprint density at radius 3 is 2.41 bits per heavy atom. The largest absolute Gasteiger partial charge is 0.354 e. The predicted molar refractivity (Wildman–Crippen MR) is 113 cm³/mol. The van der Waals surface area contributed by atoms with E-state index in [0.29, 0.717) is 19.5 Å². The molecule has 0 aromatic heterocycles. The van der Waals surface area contributed by atoms with E-state index in [1.807, 2.05) is 12.1 Å². The van der Waals surface area contributed by atoms with Crippen molar-refractivity contribution >= 4 is 21.8 Å². The standard InChI is InChI=1S/C21H33N3O4S/c1-21(2,3)17-8-10-18(11-9-17)29(27,28)23-13-12-19(25)22-14-16-24-15-6-4-5-7-20(24)26/h8-11,23H,4-7,12-16H2,1-3H3,(H,22,25). The van der Waals surface area contributed by atoms with Gasteiger partial charge in [-0.05, 0) is 36.0 Å². The maximum atomic E-state index is 12.4. The molecule has 1 heterocycles. The normalized spacial score (nSPS) is 15.8. The highest BCUT2D eigenvalue weighted by molar-refractivity contribution is 7.89. The highest BCUT2D eigenvalue weighted by atomic mass is 32.2. The van der Waals surface area contributed by atoms with Gasteiger partial charge in [-0.2, -0.15) is 0 Å². The van der Waals surface area contributed by atoms with Crippen molar-refractivity contribution in [3.63, 3.8) is 0 Å². The van der Waals surface area contributed by atoms with Crippen LogP contribution in [0.2, 0.25) is 0 Å². The predicted octanol–water partition coefficient (Wildman–Crippen LogP) is 2.17. The minimum Gasteiger partial charge on any atom is -0.354 e. The number of rotatable bonds is 8. The Hall–Kier alpha value is -1.93. The molecule has 0 bridgehead atoms. The Labute approximate surface area is 174 Å². The van der Waals surface area contributed by atoms with Crippen LogP contribution in [0.15, 0.2) is 29.2 Å². The monoisotopic (exact) mass is 423 g/mol. The Kier molecular flexibility index (Phi) is 8.22. The van der Waals surface area contributed by atoms with Gasteiger partial charge in [-0.15, -0.1) is 0 Å². The SMILES string of the molecule is CC(C)(C)c1ccc(S(=O)(=O)NCCC(=O)NCCN2CCCCCC2=O)cc1. The van der Waals surface area contributed by atoms with Gasteiger partial charge in [-0.3, -0.25) is 9.59 Å². The van der Waals surface area contributed by atoms with Crippen molar-refractivity contribution in [1.82, 2.24) is 14.9 Å². The van der Waals surface area contributed by atoms with Gasteiger partial charge in [0.05, 0.1) is 4.90 Å². The van der Waals surface area contributed by atoms with Crippen LogP contribution in [-0.2, 0) is 25.0 Å². The van der Waals surface area contributed by atoms with Gasteiger partial charge in [0.25, 0.3) is 0 Å². The van der Waals surface area contributed by atoms with Crippen LogP contribution in [0, 0.1) is 0 Å². The molecule has 0 spiro atoms. The van der Waals surface area contributed by atoms with E-state index in [1.165, 1.54) is 0 Å². The van der Waals surface area contributed by atoms with Crippen LogP contribution in [0.5, 0.6) is 0 Å². The number of sulfonamides is 1. The number of nitrogens with one attached hydrogen (secondary N) is 2. The van der Waals surface area contributed by atoms with Gasteiger partial charge in [0.1, 0.15) is 0 Å². The molecule has 1 saturated heterocycles. The number of benzene rings is 1. The van der Waals surface area contributed by atoms with Crippen molar-refractivity contribution < 1.29 is 18.0 Å². The smallest absolute Gasteiger partial charge is 0.240 e. The van der Waals surface area contributed by atoms with Crippen LogP contribution in [0.3, 0.4) is 0 Å². The zero-order valence-electron chi connectivity index (χ0n) is 17.7. The molecule has 0 radical (unpaired) electrons. The molecule has 1 aliphatic rings. The molecule has 0 aliphatic carbocycles. The molecule has 1 aromatic carbocycles. The number of amides is 2. The van der Waals surface area contributed by atoms with E-state index in [4.69, 9.17) is 0 Å². The molecular formula is C21H33N3O4S. The van der Waals surface area contributed by atoms with Gasteiger partial charge in [0, 0.05) is 39.0 Å². The van der Waals surface area contributed by atoms with Crippen molar-refractivity contribution in [1.29, 1.82) is 0 Å². The lowest BCUT2D eigenvalue weighted by Gasteiger charge is -2.20. The van der Waals surface area contributed by atoms with E-state index in [2.05, 4.69) is 30.8 Å². The van der Waals surface area contributed by atoms with Crippen molar-refractivity contribution in [2.24, 2.45) is 0 Å². The number of likely N-dealkylation sites (tertiary alicyclic amines) is 1. The van der Waals surface area contributed by atoms with Crippen LogP contribution >= 0.6 is 0 Å². The molecule has 0 saturated carbocycles. The van der Waals surface area contributed by atoms with Crippen LogP contribution in [0.25, 0.3) is 0 Å². The Morgan fingerprint density at radius 2 is 1.76 bits per heavy atom. The molecule has 1 fully saturated rings. The molecule has 2 rings (SSSR count). The maximum absolute atomic E-state index is 12.4. The quantitative estimate of drug-likeness (QED) is 0.670. The van der Waals surface area contributed by atoms with Crippen molar-refractivity contribution in [3.8, 4) is 0 Å². The first-order chi connectivity index (χ1) is 13.6.